The van der Waals surface area contributed by atoms with E-state index in [2.05, 4.69) is 11.9 Å². The van der Waals surface area contributed by atoms with E-state index in [1.807, 2.05) is 29.2 Å². The summed E-state index contributed by atoms with van der Waals surface area (Å²) in [6.45, 7) is 3.21. The van der Waals surface area contributed by atoms with Gasteiger partial charge in [0.15, 0.2) is 5.96 Å². The Labute approximate surface area is 106 Å². The van der Waals surface area contributed by atoms with Gasteiger partial charge in [-0.3, -0.25) is 4.99 Å². The lowest BCUT2D eigenvalue weighted by molar-refractivity contribution is 0.149. The quantitative estimate of drug-likeness (QED) is 0.895. The van der Waals surface area contributed by atoms with Crippen molar-refractivity contribution in [3.63, 3.8) is 0 Å². The van der Waals surface area contributed by atoms with Crippen LogP contribution in [0.2, 0.25) is 5.02 Å². The Morgan fingerprint density at radius 1 is 1.53 bits per heavy atom. The van der Waals surface area contributed by atoms with Crippen LogP contribution in [0.4, 0.5) is 5.69 Å². The van der Waals surface area contributed by atoms with Crippen LogP contribution < -0.4 is 10.6 Å². The SMILES string of the molecule is COCC1(C)CN=C(N)N1c1ccccc1Cl. The van der Waals surface area contributed by atoms with Crippen LogP contribution in [0.1, 0.15) is 6.92 Å². The molecule has 1 aromatic rings. The zero-order valence-corrected chi connectivity index (χ0v) is 10.7. The highest BCUT2D eigenvalue weighted by atomic mass is 35.5. The van der Waals surface area contributed by atoms with E-state index in [-0.39, 0.29) is 5.54 Å². The lowest BCUT2D eigenvalue weighted by atomic mass is 10.0. The van der Waals surface area contributed by atoms with Gasteiger partial charge in [-0.25, -0.2) is 0 Å². The number of halogens is 1. The highest BCUT2D eigenvalue weighted by molar-refractivity contribution is 6.34. The van der Waals surface area contributed by atoms with E-state index >= 15 is 0 Å². The molecule has 17 heavy (non-hydrogen) atoms. The molecule has 0 bridgehead atoms. The van der Waals surface area contributed by atoms with Crippen LogP contribution >= 0.6 is 11.6 Å². The second kappa shape index (κ2) is 4.55. The van der Waals surface area contributed by atoms with Crippen molar-refractivity contribution in [2.24, 2.45) is 10.7 Å². The molecule has 1 aromatic carbocycles. The van der Waals surface area contributed by atoms with Crippen molar-refractivity contribution < 1.29 is 4.74 Å². The van der Waals surface area contributed by atoms with Crippen LogP contribution in [0.15, 0.2) is 29.3 Å². The summed E-state index contributed by atoms with van der Waals surface area (Å²) < 4.78 is 5.26. The molecule has 0 fully saturated rings. The maximum Gasteiger partial charge on any atom is 0.196 e. The van der Waals surface area contributed by atoms with E-state index in [1.165, 1.54) is 0 Å². The Balaban J connectivity index is 2.41. The Kier molecular flexibility index (Phi) is 3.26. The normalized spacial score (nSPS) is 23.9. The predicted octanol–water partition coefficient (Wildman–Crippen LogP) is 1.88. The van der Waals surface area contributed by atoms with Crippen molar-refractivity contribution in [2.45, 2.75) is 12.5 Å². The first-order valence-corrected chi connectivity index (χ1v) is 5.80. The van der Waals surface area contributed by atoms with E-state index in [9.17, 15) is 0 Å². The van der Waals surface area contributed by atoms with Gasteiger partial charge >= 0.3 is 0 Å². The fourth-order valence-electron chi connectivity index (χ4n) is 2.14. The molecule has 0 spiro atoms. The number of aliphatic imine (C=N–C) groups is 1. The zero-order valence-electron chi connectivity index (χ0n) is 9.98. The third kappa shape index (κ3) is 2.10. The predicted molar refractivity (Wildman–Crippen MR) is 70.7 cm³/mol. The molecule has 5 heteroatoms. The standard InChI is InChI=1S/C12H16ClN3O/c1-12(8-17-2)7-15-11(14)16(12)10-6-4-3-5-9(10)13/h3-6H,7-8H2,1-2H3,(H2,14,15). The van der Waals surface area contributed by atoms with Gasteiger partial charge in [0.2, 0.25) is 0 Å². The number of nitrogens with zero attached hydrogens (tertiary/aromatic N) is 2. The lowest BCUT2D eigenvalue weighted by Crippen LogP contribution is -2.52. The van der Waals surface area contributed by atoms with Crippen LogP contribution in [0.5, 0.6) is 0 Å². The number of rotatable bonds is 3. The first-order valence-electron chi connectivity index (χ1n) is 5.42. The van der Waals surface area contributed by atoms with Gasteiger partial charge in [0.25, 0.3) is 0 Å². The van der Waals surface area contributed by atoms with Gasteiger partial charge in [-0.2, -0.15) is 0 Å². The van der Waals surface area contributed by atoms with Crippen LogP contribution in [0.3, 0.4) is 0 Å². The number of anilines is 1. The molecule has 2 rings (SSSR count). The summed E-state index contributed by atoms with van der Waals surface area (Å²) in [6.07, 6.45) is 0. The maximum absolute atomic E-state index is 6.20. The highest BCUT2D eigenvalue weighted by Gasteiger charge is 2.39. The smallest absolute Gasteiger partial charge is 0.196 e. The van der Waals surface area contributed by atoms with Crippen LogP contribution in [0.25, 0.3) is 0 Å². The summed E-state index contributed by atoms with van der Waals surface area (Å²) in [5.74, 6) is 0.484. The van der Waals surface area contributed by atoms with E-state index in [0.29, 0.717) is 24.1 Å². The fourth-order valence-corrected chi connectivity index (χ4v) is 2.36. The molecule has 92 valence electrons. The third-order valence-corrected chi connectivity index (χ3v) is 3.22. The monoisotopic (exact) mass is 253 g/mol. The largest absolute Gasteiger partial charge is 0.382 e. The third-order valence-electron chi connectivity index (χ3n) is 2.90. The minimum atomic E-state index is -0.274. The average molecular weight is 254 g/mol. The van der Waals surface area contributed by atoms with Crippen LogP contribution in [-0.4, -0.2) is 31.8 Å². The van der Waals surface area contributed by atoms with Crippen molar-refractivity contribution in [3.8, 4) is 0 Å². The first-order chi connectivity index (χ1) is 8.08. The Hall–Kier alpha value is -1.26. The van der Waals surface area contributed by atoms with E-state index in [4.69, 9.17) is 22.1 Å². The van der Waals surface area contributed by atoms with Crippen molar-refractivity contribution in [1.29, 1.82) is 0 Å². The zero-order chi connectivity index (χ0) is 12.5. The number of hydrogen-bond donors (Lipinski definition) is 1. The second-order valence-corrected chi connectivity index (χ2v) is 4.80. The summed E-state index contributed by atoms with van der Waals surface area (Å²) in [6, 6.07) is 7.60. The van der Waals surface area contributed by atoms with Crippen LogP contribution in [0, 0.1) is 0 Å². The van der Waals surface area contributed by atoms with Gasteiger partial charge in [-0.15, -0.1) is 0 Å². The molecule has 4 nitrogen and oxygen atoms in total. The molecule has 0 saturated carbocycles. The lowest BCUT2D eigenvalue weighted by Gasteiger charge is -2.35. The molecule has 1 atom stereocenters. The summed E-state index contributed by atoms with van der Waals surface area (Å²) in [7, 11) is 1.67. The summed E-state index contributed by atoms with van der Waals surface area (Å²) >= 11 is 6.20. The summed E-state index contributed by atoms with van der Waals surface area (Å²) in [4.78, 5) is 6.23. The van der Waals surface area contributed by atoms with Gasteiger partial charge in [0.1, 0.15) is 0 Å². The van der Waals surface area contributed by atoms with Crippen molar-refractivity contribution in [3.05, 3.63) is 29.3 Å². The molecule has 0 aliphatic carbocycles. The molecule has 1 heterocycles. The van der Waals surface area contributed by atoms with E-state index < -0.39 is 0 Å². The van der Waals surface area contributed by atoms with Crippen molar-refractivity contribution in [2.75, 3.05) is 25.2 Å². The number of nitrogens with two attached hydrogens (primary N) is 1. The van der Waals surface area contributed by atoms with E-state index in [0.717, 1.165) is 5.69 Å². The van der Waals surface area contributed by atoms with Crippen molar-refractivity contribution in [1.82, 2.24) is 0 Å². The minimum absolute atomic E-state index is 0.274. The van der Waals surface area contributed by atoms with Crippen molar-refractivity contribution >= 4 is 23.2 Å². The topological polar surface area (TPSA) is 50.9 Å². The molecule has 1 aliphatic heterocycles. The van der Waals surface area contributed by atoms with Gasteiger partial charge in [0, 0.05) is 7.11 Å². The summed E-state index contributed by atoms with van der Waals surface area (Å²) in [5.41, 5.74) is 6.54. The van der Waals surface area contributed by atoms with Gasteiger partial charge in [-0.05, 0) is 19.1 Å². The summed E-state index contributed by atoms with van der Waals surface area (Å²) in [5, 5.41) is 0.662. The Bertz CT molecular complexity index is 449. The van der Waals surface area contributed by atoms with Gasteiger partial charge < -0.3 is 15.4 Å². The molecule has 1 aliphatic rings. The number of hydrogen-bond acceptors (Lipinski definition) is 4. The number of benzene rings is 1. The number of ether oxygens (including phenoxy) is 1. The number of guanidine groups is 1. The first kappa shape index (κ1) is 12.2. The Morgan fingerprint density at radius 3 is 2.88 bits per heavy atom. The number of methoxy groups -OCH3 is 1. The van der Waals surface area contributed by atoms with Gasteiger partial charge in [-0.1, -0.05) is 23.7 Å². The second-order valence-electron chi connectivity index (χ2n) is 4.39. The molecular weight excluding hydrogens is 238 g/mol. The molecule has 2 N–H and O–H groups in total. The molecule has 0 amide bonds. The molecule has 0 saturated heterocycles. The minimum Gasteiger partial charge on any atom is -0.382 e. The van der Waals surface area contributed by atoms with Crippen LogP contribution in [-0.2, 0) is 4.74 Å². The van der Waals surface area contributed by atoms with Gasteiger partial charge in [0.05, 0.1) is 29.4 Å². The highest BCUT2D eigenvalue weighted by Crippen LogP contribution is 2.33. The average Bonchev–Trinajstić information content (AvgIpc) is 2.57. The molecule has 0 aromatic heterocycles. The fraction of sp³-hybridized carbons (Fsp3) is 0.417. The Morgan fingerprint density at radius 2 is 2.24 bits per heavy atom. The molecule has 1 unspecified atom stereocenters. The maximum atomic E-state index is 6.20. The molecule has 0 radical (unpaired) electrons. The number of para-hydroxylation sites is 1. The molecular formula is C12H16ClN3O. The van der Waals surface area contributed by atoms with E-state index in [1.54, 1.807) is 7.11 Å².